The van der Waals surface area contributed by atoms with Gasteiger partial charge < -0.3 is 10.2 Å². The average Bonchev–Trinajstić information content (AvgIpc) is 2.83. The minimum absolute atomic E-state index is 0.00193. The molecule has 1 aliphatic carbocycles. The number of nitrogens with zero attached hydrogens (tertiary/aromatic N) is 1. The molecule has 1 atom stereocenters. The Morgan fingerprint density at radius 2 is 1.86 bits per heavy atom. The molecular formula is C23H25FN2O2. The minimum Gasteiger partial charge on any atom is -0.354 e. The second-order valence-corrected chi connectivity index (χ2v) is 7.78. The van der Waals surface area contributed by atoms with E-state index in [0.717, 1.165) is 30.4 Å². The van der Waals surface area contributed by atoms with E-state index in [1.165, 1.54) is 6.07 Å². The predicted octanol–water partition coefficient (Wildman–Crippen LogP) is 3.41. The van der Waals surface area contributed by atoms with Crippen LogP contribution in [-0.2, 0) is 16.0 Å². The lowest BCUT2D eigenvalue weighted by atomic mass is 9.84. The third-order valence-corrected chi connectivity index (χ3v) is 5.88. The van der Waals surface area contributed by atoms with E-state index in [0.29, 0.717) is 31.6 Å². The predicted molar refractivity (Wildman–Crippen MR) is 106 cm³/mol. The Hall–Kier alpha value is -2.69. The largest absolute Gasteiger partial charge is 0.354 e. The Bertz CT molecular complexity index is 861. The molecule has 2 fully saturated rings. The normalized spacial score (nSPS) is 20.2. The smallest absolute Gasteiger partial charge is 0.225 e. The number of nitrogens with one attached hydrogen (secondary N) is 1. The number of carbonyl (C=O) groups excluding carboxylic acids is 2. The molecule has 1 heterocycles. The molecule has 2 amide bonds. The Morgan fingerprint density at radius 3 is 2.54 bits per heavy atom. The molecule has 2 aliphatic rings. The van der Waals surface area contributed by atoms with Crippen LogP contribution in [-0.4, -0.2) is 36.3 Å². The summed E-state index contributed by atoms with van der Waals surface area (Å²) in [5.74, 6) is -0.159. The molecule has 1 saturated carbocycles. The van der Waals surface area contributed by atoms with Crippen LogP contribution in [0.2, 0.25) is 0 Å². The summed E-state index contributed by atoms with van der Waals surface area (Å²) in [6.45, 7) is 1.57. The van der Waals surface area contributed by atoms with Crippen molar-refractivity contribution in [1.29, 1.82) is 0 Å². The van der Waals surface area contributed by atoms with Crippen LogP contribution in [0.4, 0.5) is 4.39 Å². The fourth-order valence-corrected chi connectivity index (χ4v) is 3.97. The molecule has 4 nitrogen and oxygen atoms in total. The maximum absolute atomic E-state index is 14.0. The molecule has 1 aliphatic heterocycles. The Morgan fingerprint density at radius 1 is 1.11 bits per heavy atom. The van der Waals surface area contributed by atoms with Crippen molar-refractivity contribution in [2.75, 3.05) is 19.6 Å². The first-order valence-corrected chi connectivity index (χ1v) is 10.0. The monoisotopic (exact) mass is 380 g/mol. The summed E-state index contributed by atoms with van der Waals surface area (Å²) in [7, 11) is 0. The maximum Gasteiger partial charge on any atom is 0.225 e. The number of rotatable bonds is 4. The van der Waals surface area contributed by atoms with E-state index in [1.54, 1.807) is 12.1 Å². The van der Waals surface area contributed by atoms with Crippen molar-refractivity contribution in [3.63, 3.8) is 0 Å². The van der Waals surface area contributed by atoms with Gasteiger partial charge in [-0.05, 0) is 36.5 Å². The molecule has 0 aromatic heterocycles. The van der Waals surface area contributed by atoms with E-state index >= 15 is 0 Å². The summed E-state index contributed by atoms with van der Waals surface area (Å²) in [4.78, 5) is 27.0. The molecular weight excluding hydrogens is 355 g/mol. The first-order valence-electron chi connectivity index (χ1n) is 10.0. The van der Waals surface area contributed by atoms with E-state index in [1.807, 2.05) is 35.2 Å². The molecule has 1 unspecified atom stereocenters. The number of hydrogen-bond donors (Lipinski definition) is 1. The Labute approximate surface area is 164 Å². The molecule has 2 aromatic rings. The van der Waals surface area contributed by atoms with Gasteiger partial charge in [0.05, 0.1) is 5.92 Å². The van der Waals surface area contributed by atoms with E-state index < -0.39 is 0 Å². The Kier molecular flexibility index (Phi) is 5.42. The van der Waals surface area contributed by atoms with Crippen LogP contribution in [0.1, 0.15) is 24.8 Å². The lowest BCUT2D eigenvalue weighted by Crippen LogP contribution is -2.42. The van der Waals surface area contributed by atoms with Crippen LogP contribution >= 0.6 is 0 Å². The summed E-state index contributed by atoms with van der Waals surface area (Å²) >= 11 is 0. The summed E-state index contributed by atoms with van der Waals surface area (Å²) in [6.07, 6.45) is 3.63. The van der Waals surface area contributed by atoms with Gasteiger partial charge in [0.2, 0.25) is 11.8 Å². The van der Waals surface area contributed by atoms with E-state index in [9.17, 15) is 14.0 Å². The minimum atomic E-state index is -0.258. The van der Waals surface area contributed by atoms with Crippen LogP contribution in [0.3, 0.4) is 0 Å². The molecule has 1 N–H and O–H groups in total. The topological polar surface area (TPSA) is 49.4 Å². The zero-order valence-corrected chi connectivity index (χ0v) is 15.9. The molecule has 4 rings (SSSR count). The maximum atomic E-state index is 14.0. The number of carbonyl (C=O) groups is 2. The third kappa shape index (κ3) is 3.93. The van der Waals surface area contributed by atoms with Gasteiger partial charge in [-0.2, -0.15) is 0 Å². The lowest BCUT2D eigenvalue weighted by Gasteiger charge is -2.31. The summed E-state index contributed by atoms with van der Waals surface area (Å²) < 4.78 is 14.0. The molecule has 2 aromatic carbocycles. The van der Waals surface area contributed by atoms with Gasteiger partial charge in [0.15, 0.2) is 0 Å². The van der Waals surface area contributed by atoms with Crippen LogP contribution < -0.4 is 5.32 Å². The average molecular weight is 380 g/mol. The first-order chi connectivity index (χ1) is 13.6. The van der Waals surface area contributed by atoms with Crippen LogP contribution in [0.5, 0.6) is 0 Å². The highest BCUT2D eigenvalue weighted by Crippen LogP contribution is 2.29. The zero-order chi connectivity index (χ0) is 19.5. The van der Waals surface area contributed by atoms with Crippen LogP contribution in [0, 0.1) is 17.7 Å². The SMILES string of the molecule is O=C1NCCN(C(=O)C2CCC2)CC1Cc1ccc(-c2ccccc2F)cc1. The highest BCUT2D eigenvalue weighted by Gasteiger charge is 2.33. The fourth-order valence-electron chi connectivity index (χ4n) is 3.97. The molecule has 1 saturated heterocycles. The van der Waals surface area contributed by atoms with Gasteiger partial charge in [-0.1, -0.05) is 48.9 Å². The number of hydrogen-bond acceptors (Lipinski definition) is 2. The highest BCUT2D eigenvalue weighted by atomic mass is 19.1. The number of halogens is 1. The fraction of sp³-hybridized carbons (Fsp3) is 0.391. The quantitative estimate of drug-likeness (QED) is 0.884. The van der Waals surface area contributed by atoms with Crippen LogP contribution in [0.15, 0.2) is 48.5 Å². The van der Waals surface area contributed by atoms with Gasteiger partial charge in [0.25, 0.3) is 0 Å². The lowest BCUT2D eigenvalue weighted by molar-refractivity contribution is -0.138. The van der Waals surface area contributed by atoms with Gasteiger partial charge in [0.1, 0.15) is 5.82 Å². The highest BCUT2D eigenvalue weighted by molar-refractivity contribution is 5.83. The van der Waals surface area contributed by atoms with Gasteiger partial charge in [0, 0.05) is 31.1 Å². The van der Waals surface area contributed by atoms with Crippen molar-refractivity contribution in [2.24, 2.45) is 11.8 Å². The van der Waals surface area contributed by atoms with E-state index in [2.05, 4.69) is 5.32 Å². The summed E-state index contributed by atoms with van der Waals surface area (Å²) in [5.41, 5.74) is 2.39. The third-order valence-electron chi connectivity index (χ3n) is 5.88. The zero-order valence-electron chi connectivity index (χ0n) is 15.9. The van der Waals surface area contributed by atoms with Gasteiger partial charge >= 0.3 is 0 Å². The molecule has 5 heteroatoms. The molecule has 0 bridgehead atoms. The van der Waals surface area contributed by atoms with Crippen molar-refractivity contribution in [3.05, 3.63) is 59.9 Å². The van der Waals surface area contributed by atoms with Crippen molar-refractivity contribution in [3.8, 4) is 11.1 Å². The first kappa shape index (κ1) is 18.7. The van der Waals surface area contributed by atoms with Gasteiger partial charge in [-0.3, -0.25) is 9.59 Å². The van der Waals surface area contributed by atoms with Gasteiger partial charge in [-0.15, -0.1) is 0 Å². The van der Waals surface area contributed by atoms with Crippen molar-refractivity contribution in [2.45, 2.75) is 25.7 Å². The number of benzene rings is 2. The van der Waals surface area contributed by atoms with Gasteiger partial charge in [-0.25, -0.2) is 4.39 Å². The van der Waals surface area contributed by atoms with Crippen LogP contribution in [0.25, 0.3) is 11.1 Å². The Balaban J connectivity index is 1.46. The van der Waals surface area contributed by atoms with Crippen molar-refractivity contribution >= 4 is 11.8 Å². The molecule has 0 radical (unpaired) electrons. The second-order valence-electron chi connectivity index (χ2n) is 7.78. The van der Waals surface area contributed by atoms with E-state index in [4.69, 9.17) is 0 Å². The summed E-state index contributed by atoms with van der Waals surface area (Å²) in [6, 6.07) is 14.4. The second kappa shape index (κ2) is 8.13. The number of amides is 2. The standard InChI is InChI=1S/C23H25FN2O2/c24-21-7-2-1-6-20(21)17-10-8-16(9-11-17)14-19-15-26(13-12-25-22(19)27)23(28)18-4-3-5-18/h1-2,6-11,18-19H,3-5,12-15H2,(H,25,27). The molecule has 0 spiro atoms. The summed E-state index contributed by atoms with van der Waals surface area (Å²) in [5, 5.41) is 2.94. The molecule has 28 heavy (non-hydrogen) atoms. The van der Waals surface area contributed by atoms with Crippen molar-refractivity contribution in [1.82, 2.24) is 10.2 Å². The van der Waals surface area contributed by atoms with Crippen molar-refractivity contribution < 1.29 is 14.0 Å². The molecule has 146 valence electrons. The van der Waals surface area contributed by atoms with E-state index in [-0.39, 0.29) is 29.5 Å².